The molecule has 4 rings (SSSR count). The van der Waals surface area contributed by atoms with Crippen molar-refractivity contribution in [3.8, 4) is 5.75 Å². The summed E-state index contributed by atoms with van der Waals surface area (Å²) in [4.78, 5) is 4.75. The first-order chi connectivity index (χ1) is 13.6. The van der Waals surface area contributed by atoms with Crippen LogP contribution in [0.3, 0.4) is 0 Å². The zero-order valence-corrected chi connectivity index (χ0v) is 17.6. The van der Waals surface area contributed by atoms with Crippen LogP contribution < -0.4 is 9.92 Å². The fraction of sp³-hybridized carbons (Fsp3) is 0.208. The molecule has 1 heterocycles. The maximum atomic E-state index is 6.09. The van der Waals surface area contributed by atoms with Gasteiger partial charge in [0.1, 0.15) is 11.3 Å². The van der Waals surface area contributed by atoms with Gasteiger partial charge in [0.05, 0.1) is 15.2 Å². The molecule has 0 fully saturated rings. The molecule has 3 nitrogen and oxygen atoms in total. The Bertz CT molecular complexity index is 1040. The zero-order valence-electron chi connectivity index (χ0n) is 16.6. The van der Waals surface area contributed by atoms with Gasteiger partial charge in [-0.2, -0.15) is 0 Å². The second kappa shape index (κ2) is 7.64. The van der Waals surface area contributed by atoms with Crippen LogP contribution in [0.1, 0.15) is 17.0 Å². The van der Waals surface area contributed by atoms with Gasteiger partial charge in [0.15, 0.2) is 11.5 Å². The molecule has 0 aliphatic rings. The molecular weight excluding hydrogens is 362 g/mol. The van der Waals surface area contributed by atoms with Crippen LogP contribution in [0.25, 0.3) is 11.1 Å². The van der Waals surface area contributed by atoms with Gasteiger partial charge in [0.2, 0.25) is 0 Å². The highest BCUT2D eigenvalue weighted by Crippen LogP contribution is 2.33. The number of hydrogen-bond acceptors (Lipinski definition) is 3. The zero-order chi connectivity index (χ0) is 19.6. The molecule has 0 amide bonds. The highest BCUT2D eigenvalue weighted by molar-refractivity contribution is 6.90. The van der Waals surface area contributed by atoms with E-state index < -0.39 is 8.07 Å². The van der Waals surface area contributed by atoms with Crippen molar-refractivity contribution in [1.82, 2.24) is 4.98 Å². The van der Waals surface area contributed by atoms with E-state index in [4.69, 9.17) is 14.1 Å². The van der Waals surface area contributed by atoms with Crippen LogP contribution in [0.2, 0.25) is 13.1 Å². The predicted octanol–water partition coefficient (Wildman–Crippen LogP) is 5.32. The number of methoxy groups -OCH3 is 1. The van der Waals surface area contributed by atoms with Crippen molar-refractivity contribution < 1.29 is 9.15 Å². The minimum absolute atomic E-state index is 0.318. The standard InChI is InChI=1S/C24H25NO2Si/c1-26-19-11-9-10-18(16-19)23(28(2,3)20-12-5-4-6-13-20)17-24-25-21-14-7-8-15-22(21)27-24/h4-16,23H,17H2,1-3H3/t23-/m0/s1. The Morgan fingerprint density at radius 3 is 2.43 bits per heavy atom. The molecule has 4 heteroatoms. The summed E-state index contributed by atoms with van der Waals surface area (Å²) in [6.45, 7) is 4.85. The quantitative estimate of drug-likeness (QED) is 0.420. The van der Waals surface area contributed by atoms with Gasteiger partial charge in [-0.15, -0.1) is 0 Å². The summed E-state index contributed by atoms with van der Waals surface area (Å²) in [5, 5.41) is 1.43. The Morgan fingerprint density at radius 2 is 1.68 bits per heavy atom. The lowest BCUT2D eigenvalue weighted by molar-refractivity contribution is 0.414. The number of nitrogens with zero attached hydrogens (tertiary/aromatic N) is 1. The van der Waals surface area contributed by atoms with Gasteiger partial charge in [-0.05, 0) is 35.4 Å². The molecule has 4 aromatic rings. The molecule has 0 saturated heterocycles. The van der Waals surface area contributed by atoms with E-state index in [1.54, 1.807) is 7.11 Å². The van der Waals surface area contributed by atoms with E-state index in [2.05, 4.69) is 61.6 Å². The van der Waals surface area contributed by atoms with Gasteiger partial charge in [0, 0.05) is 6.42 Å². The number of hydrogen-bond donors (Lipinski definition) is 0. The first-order valence-corrected chi connectivity index (χ1v) is 12.7. The monoisotopic (exact) mass is 387 g/mol. The molecule has 142 valence electrons. The van der Waals surface area contributed by atoms with E-state index >= 15 is 0 Å². The summed E-state index contributed by atoms with van der Waals surface area (Å²) in [6.07, 6.45) is 0.774. The largest absolute Gasteiger partial charge is 0.497 e. The van der Waals surface area contributed by atoms with Crippen molar-refractivity contribution in [3.63, 3.8) is 0 Å². The molecule has 0 spiro atoms. The predicted molar refractivity (Wildman–Crippen MR) is 117 cm³/mol. The maximum absolute atomic E-state index is 6.09. The van der Waals surface area contributed by atoms with Crippen LogP contribution in [0.5, 0.6) is 5.75 Å². The van der Waals surface area contributed by atoms with Gasteiger partial charge in [-0.3, -0.25) is 0 Å². The fourth-order valence-electron chi connectivity index (χ4n) is 3.90. The molecular formula is C24H25NO2Si. The third kappa shape index (κ3) is 3.60. The van der Waals surface area contributed by atoms with E-state index in [1.165, 1.54) is 10.8 Å². The van der Waals surface area contributed by atoms with Gasteiger partial charge in [0.25, 0.3) is 0 Å². The molecule has 0 radical (unpaired) electrons. The van der Waals surface area contributed by atoms with Crippen molar-refractivity contribution in [2.45, 2.75) is 25.1 Å². The molecule has 0 N–H and O–H groups in total. The SMILES string of the molecule is COc1cccc([C@H](Cc2nc3ccccc3o2)[Si](C)(C)c2ccccc2)c1. The van der Waals surface area contributed by atoms with Gasteiger partial charge >= 0.3 is 0 Å². The minimum atomic E-state index is -1.87. The van der Waals surface area contributed by atoms with Crippen molar-refractivity contribution in [2.75, 3.05) is 7.11 Å². The first-order valence-electron chi connectivity index (χ1n) is 9.62. The fourth-order valence-corrected chi connectivity index (χ4v) is 7.05. The molecule has 0 unspecified atom stereocenters. The first kappa shape index (κ1) is 18.5. The lowest BCUT2D eigenvalue weighted by atomic mass is 10.1. The summed E-state index contributed by atoms with van der Waals surface area (Å²) >= 11 is 0. The van der Waals surface area contributed by atoms with Crippen LogP contribution in [0.15, 0.2) is 83.3 Å². The summed E-state index contributed by atoms with van der Waals surface area (Å²) in [5.41, 5.74) is 3.36. The third-order valence-electron chi connectivity index (χ3n) is 5.60. The highest BCUT2D eigenvalue weighted by Gasteiger charge is 2.36. The Kier molecular flexibility index (Phi) is 5.05. The Labute approximate surface area is 167 Å². The Morgan fingerprint density at radius 1 is 0.929 bits per heavy atom. The van der Waals surface area contributed by atoms with Crippen molar-refractivity contribution in [2.24, 2.45) is 0 Å². The lowest BCUT2D eigenvalue weighted by Gasteiger charge is -2.33. The van der Waals surface area contributed by atoms with Crippen LogP contribution >= 0.6 is 0 Å². The minimum Gasteiger partial charge on any atom is -0.497 e. The van der Waals surface area contributed by atoms with Crippen molar-refractivity contribution >= 4 is 24.4 Å². The molecule has 0 bridgehead atoms. The normalized spacial score (nSPS) is 12.8. The van der Waals surface area contributed by atoms with Crippen LogP contribution in [-0.2, 0) is 6.42 Å². The molecule has 3 aromatic carbocycles. The highest BCUT2D eigenvalue weighted by atomic mass is 28.3. The van der Waals surface area contributed by atoms with Crippen molar-refractivity contribution in [3.05, 3.63) is 90.3 Å². The molecule has 1 aromatic heterocycles. The van der Waals surface area contributed by atoms with E-state index in [0.29, 0.717) is 5.54 Å². The van der Waals surface area contributed by atoms with Crippen LogP contribution in [0.4, 0.5) is 0 Å². The number of rotatable bonds is 6. The molecule has 0 saturated carbocycles. The lowest BCUT2D eigenvalue weighted by Crippen LogP contribution is -2.48. The van der Waals surface area contributed by atoms with Gasteiger partial charge in [-0.25, -0.2) is 4.98 Å². The summed E-state index contributed by atoms with van der Waals surface area (Å²) in [5.74, 6) is 1.68. The molecule has 0 aliphatic heterocycles. The van der Waals surface area contributed by atoms with Gasteiger partial charge in [-0.1, -0.05) is 72.9 Å². The molecule has 0 aliphatic carbocycles. The number of benzene rings is 3. The average molecular weight is 388 g/mol. The topological polar surface area (TPSA) is 35.3 Å². The summed E-state index contributed by atoms with van der Waals surface area (Å²) < 4.78 is 11.6. The Balaban J connectivity index is 1.78. The van der Waals surface area contributed by atoms with Crippen LogP contribution in [0, 0.1) is 0 Å². The second-order valence-corrected chi connectivity index (χ2v) is 12.4. The summed E-state index contributed by atoms with van der Waals surface area (Å²) in [7, 11) is -0.156. The Hall–Kier alpha value is -2.85. The van der Waals surface area contributed by atoms with Gasteiger partial charge < -0.3 is 9.15 Å². The van der Waals surface area contributed by atoms with E-state index in [9.17, 15) is 0 Å². The van der Waals surface area contributed by atoms with Crippen LogP contribution in [-0.4, -0.2) is 20.2 Å². The number of fused-ring (bicyclic) bond motifs is 1. The smallest absolute Gasteiger partial charge is 0.195 e. The summed E-state index contributed by atoms with van der Waals surface area (Å²) in [6, 6.07) is 27.2. The maximum Gasteiger partial charge on any atom is 0.195 e. The van der Waals surface area contributed by atoms with Crippen molar-refractivity contribution in [1.29, 1.82) is 0 Å². The number of ether oxygens (including phenoxy) is 1. The van der Waals surface area contributed by atoms with E-state index in [-0.39, 0.29) is 0 Å². The number of aromatic nitrogens is 1. The molecule has 28 heavy (non-hydrogen) atoms. The average Bonchev–Trinajstić information content (AvgIpc) is 3.15. The number of oxazole rings is 1. The third-order valence-corrected chi connectivity index (χ3v) is 9.70. The second-order valence-electron chi connectivity index (χ2n) is 7.70. The molecule has 1 atom stereocenters. The van der Waals surface area contributed by atoms with E-state index in [1.807, 2.05) is 30.3 Å². The van der Waals surface area contributed by atoms with E-state index in [0.717, 1.165) is 29.2 Å². The number of para-hydroxylation sites is 2.